The highest BCUT2D eigenvalue weighted by molar-refractivity contribution is 7.87. The lowest BCUT2D eigenvalue weighted by Crippen LogP contribution is -2.43. The van der Waals surface area contributed by atoms with Crippen LogP contribution in [0.15, 0.2) is 0 Å². The molecular weight excluding hydrogens is 250 g/mol. The Morgan fingerprint density at radius 1 is 1.53 bits per heavy atom. The van der Waals surface area contributed by atoms with Crippen LogP contribution in [0.3, 0.4) is 0 Å². The number of methoxy groups -OCH3 is 1. The molecule has 0 spiro atoms. The molecule has 17 heavy (non-hydrogen) atoms. The number of hydrogen-bond acceptors (Lipinski definition) is 5. The Bertz CT molecular complexity index is 332. The van der Waals surface area contributed by atoms with Crippen molar-refractivity contribution in [1.29, 1.82) is 0 Å². The fraction of sp³-hybridized carbons (Fsp3) is 0.875. The smallest absolute Gasteiger partial charge is 0.320 e. The predicted octanol–water partition coefficient (Wildman–Crippen LogP) is -1.80. The summed E-state index contributed by atoms with van der Waals surface area (Å²) in [7, 11) is -0.864. The van der Waals surface area contributed by atoms with Crippen molar-refractivity contribution < 1.29 is 23.1 Å². The van der Waals surface area contributed by atoms with Crippen LogP contribution in [0.4, 0.5) is 0 Å². The number of carboxylic acid groups (broad SMARTS) is 1. The van der Waals surface area contributed by atoms with E-state index in [4.69, 9.17) is 15.6 Å². The largest absolute Gasteiger partial charge is 0.480 e. The molecule has 4 N–H and O–H groups in total. The van der Waals surface area contributed by atoms with Crippen LogP contribution in [0.2, 0.25) is 0 Å². The predicted molar refractivity (Wildman–Crippen MR) is 61.7 cm³/mol. The maximum atomic E-state index is 11.6. The average molecular weight is 269 g/mol. The lowest BCUT2D eigenvalue weighted by Gasteiger charge is -2.21. The minimum Gasteiger partial charge on any atom is -0.480 e. The Kier molecular flexibility index (Phi) is 7.23. The van der Waals surface area contributed by atoms with Gasteiger partial charge in [-0.2, -0.15) is 12.7 Å². The highest BCUT2D eigenvalue weighted by Gasteiger charge is 2.21. The Morgan fingerprint density at radius 2 is 2.12 bits per heavy atom. The zero-order valence-electron chi connectivity index (χ0n) is 9.92. The molecule has 0 amide bonds. The van der Waals surface area contributed by atoms with Crippen LogP contribution in [0.25, 0.3) is 0 Å². The lowest BCUT2D eigenvalue weighted by atomic mass is 10.2. The molecular formula is C8H19N3O5S. The molecule has 0 aliphatic rings. The molecule has 0 aromatic heterocycles. The second-order valence-corrected chi connectivity index (χ2v) is 5.21. The van der Waals surface area contributed by atoms with Gasteiger partial charge in [0.05, 0.1) is 6.61 Å². The monoisotopic (exact) mass is 269 g/mol. The van der Waals surface area contributed by atoms with Crippen LogP contribution in [-0.2, 0) is 19.7 Å². The van der Waals surface area contributed by atoms with Gasteiger partial charge in [-0.1, -0.05) is 0 Å². The second-order valence-electron chi connectivity index (χ2n) is 3.33. The fourth-order valence-corrected chi connectivity index (χ4v) is 2.00. The zero-order chi connectivity index (χ0) is 13.5. The molecule has 0 bridgehead atoms. The number of nitrogens with zero attached hydrogens (tertiary/aromatic N) is 1. The minimum atomic E-state index is -3.60. The quantitative estimate of drug-likeness (QED) is 0.454. The molecule has 0 aliphatic carbocycles. The first-order chi connectivity index (χ1) is 7.85. The van der Waals surface area contributed by atoms with E-state index in [0.29, 0.717) is 0 Å². The van der Waals surface area contributed by atoms with Crippen molar-refractivity contribution >= 4 is 16.2 Å². The van der Waals surface area contributed by atoms with Crippen molar-refractivity contribution in [2.24, 2.45) is 5.73 Å². The molecule has 0 aliphatic heterocycles. The molecule has 0 saturated carbocycles. The molecule has 1 atom stereocenters. The van der Waals surface area contributed by atoms with Crippen molar-refractivity contribution in [2.45, 2.75) is 12.5 Å². The van der Waals surface area contributed by atoms with Gasteiger partial charge in [0.25, 0.3) is 10.2 Å². The van der Waals surface area contributed by atoms with E-state index in [9.17, 15) is 13.2 Å². The number of carbonyl (C=O) groups is 1. The Morgan fingerprint density at radius 3 is 2.53 bits per heavy atom. The molecule has 0 unspecified atom stereocenters. The SMILES string of the molecule is CNS(=O)(=O)N(CCOC)CC[C@H](N)C(=O)O. The van der Waals surface area contributed by atoms with E-state index in [1.54, 1.807) is 0 Å². The number of nitrogens with one attached hydrogen (secondary N) is 1. The van der Waals surface area contributed by atoms with Crippen molar-refractivity contribution in [3.8, 4) is 0 Å². The van der Waals surface area contributed by atoms with Gasteiger partial charge in [-0.15, -0.1) is 0 Å². The first kappa shape index (κ1) is 16.3. The van der Waals surface area contributed by atoms with E-state index in [-0.39, 0.29) is 26.1 Å². The van der Waals surface area contributed by atoms with E-state index in [0.717, 1.165) is 4.31 Å². The molecule has 0 aromatic carbocycles. The molecule has 0 saturated heterocycles. The fourth-order valence-electron chi connectivity index (χ4n) is 1.08. The lowest BCUT2D eigenvalue weighted by molar-refractivity contribution is -0.138. The van der Waals surface area contributed by atoms with E-state index in [1.165, 1.54) is 14.2 Å². The Labute approximate surface area is 101 Å². The first-order valence-corrected chi connectivity index (χ1v) is 6.45. The highest BCUT2D eigenvalue weighted by atomic mass is 32.2. The van der Waals surface area contributed by atoms with Crippen LogP contribution in [0, 0.1) is 0 Å². The van der Waals surface area contributed by atoms with Crippen molar-refractivity contribution in [2.75, 3.05) is 33.9 Å². The number of ether oxygens (including phenoxy) is 1. The topological polar surface area (TPSA) is 122 Å². The van der Waals surface area contributed by atoms with Crippen molar-refractivity contribution in [3.63, 3.8) is 0 Å². The number of hydrogen-bond donors (Lipinski definition) is 3. The van der Waals surface area contributed by atoms with Gasteiger partial charge in [-0.3, -0.25) is 4.79 Å². The zero-order valence-corrected chi connectivity index (χ0v) is 10.7. The summed E-state index contributed by atoms with van der Waals surface area (Å²) in [5.41, 5.74) is 5.31. The van der Waals surface area contributed by atoms with E-state index >= 15 is 0 Å². The molecule has 0 aromatic rings. The van der Waals surface area contributed by atoms with Gasteiger partial charge in [0.15, 0.2) is 0 Å². The van der Waals surface area contributed by atoms with Crippen molar-refractivity contribution in [1.82, 2.24) is 9.03 Å². The van der Waals surface area contributed by atoms with Crippen LogP contribution >= 0.6 is 0 Å². The van der Waals surface area contributed by atoms with Crippen LogP contribution in [0.5, 0.6) is 0 Å². The minimum absolute atomic E-state index is 0.0278. The summed E-state index contributed by atoms with van der Waals surface area (Å²) in [5, 5.41) is 8.60. The number of rotatable bonds is 9. The third kappa shape index (κ3) is 5.94. The van der Waals surface area contributed by atoms with Gasteiger partial charge in [0.1, 0.15) is 6.04 Å². The third-order valence-electron chi connectivity index (χ3n) is 2.15. The van der Waals surface area contributed by atoms with E-state index < -0.39 is 22.2 Å². The molecule has 102 valence electrons. The standard InChI is InChI=1S/C8H19N3O5S/c1-10-17(14,15)11(5-6-16-2)4-3-7(9)8(12)13/h7,10H,3-6,9H2,1-2H3,(H,12,13)/t7-/m0/s1. The average Bonchev–Trinajstić information content (AvgIpc) is 2.28. The van der Waals surface area contributed by atoms with Gasteiger partial charge in [-0.25, -0.2) is 4.72 Å². The molecule has 8 nitrogen and oxygen atoms in total. The van der Waals surface area contributed by atoms with Crippen LogP contribution < -0.4 is 10.5 Å². The Hall–Kier alpha value is -0.740. The van der Waals surface area contributed by atoms with Crippen molar-refractivity contribution in [3.05, 3.63) is 0 Å². The first-order valence-electron chi connectivity index (χ1n) is 5.01. The van der Waals surface area contributed by atoms with E-state index in [1.807, 2.05) is 0 Å². The van der Waals surface area contributed by atoms with E-state index in [2.05, 4.69) is 4.72 Å². The second kappa shape index (κ2) is 7.56. The molecule has 0 heterocycles. The molecule has 0 fully saturated rings. The maximum Gasteiger partial charge on any atom is 0.320 e. The normalized spacial score (nSPS) is 13.9. The summed E-state index contributed by atoms with van der Waals surface area (Å²) in [5.74, 6) is -1.15. The van der Waals surface area contributed by atoms with Gasteiger partial charge < -0.3 is 15.6 Å². The summed E-state index contributed by atoms with van der Waals surface area (Å²) in [4.78, 5) is 10.5. The van der Waals surface area contributed by atoms with Gasteiger partial charge in [-0.05, 0) is 6.42 Å². The summed E-state index contributed by atoms with van der Waals surface area (Å²) < 4.78 is 31.2. The maximum absolute atomic E-state index is 11.6. The van der Waals surface area contributed by atoms with Crippen LogP contribution in [0.1, 0.15) is 6.42 Å². The van der Waals surface area contributed by atoms with Gasteiger partial charge in [0, 0.05) is 27.2 Å². The molecule has 0 radical (unpaired) electrons. The van der Waals surface area contributed by atoms with Crippen LogP contribution in [-0.4, -0.2) is 63.7 Å². The summed E-state index contributed by atoms with van der Waals surface area (Å²) in [6.07, 6.45) is 0.0416. The molecule has 9 heteroatoms. The summed E-state index contributed by atoms with van der Waals surface area (Å²) in [6, 6.07) is -1.08. The number of nitrogens with two attached hydrogens (primary N) is 1. The van der Waals surface area contributed by atoms with Gasteiger partial charge in [0.2, 0.25) is 0 Å². The summed E-state index contributed by atoms with van der Waals surface area (Å²) >= 11 is 0. The van der Waals surface area contributed by atoms with Gasteiger partial charge >= 0.3 is 5.97 Å². The molecule has 0 rings (SSSR count). The number of carboxylic acids is 1. The number of aliphatic carboxylic acids is 1. The third-order valence-corrected chi connectivity index (χ3v) is 3.71. The Balaban J connectivity index is 4.45. The highest BCUT2D eigenvalue weighted by Crippen LogP contribution is 2.01. The summed E-state index contributed by atoms with van der Waals surface area (Å²) in [6.45, 7) is 0.398.